The summed E-state index contributed by atoms with van der Waals surface area (Å²) in [5.74, 6) is 0.849. The molecule has 0 saturated heterocycles. The van der Waals surface area contributed by atoms with Crippen LogP contribution in [0.2, 0.25) is 0 Å². The maximum Gasteiger partial charge on any atom is 2.00 e. The van der Waals surface area contributed by atoms with Crippen molar-refractivity contribution >= 4 is 44.6 Å². The molecule has 0 fully saturated rings. The molecule has 0 aliphatic carbocycles. The predicted molar refractivity (Wildman–Crippen MR) is 179 cm³/mol. The fraction of sp³-hybridized carbons (Fsp3) is 0.103. The molecular weight excluding hydrogens is 734 g/mol. The molecular formula is C39H29N5Pt. The first-order valence-corrected chi connectivity index (χ1v) is 14.5. The summed E-state index contributed by atoms with van der Waals surface area (Å²) in [6.07, 6.45) is 3.64. The summed E-state index contributed by atoms with van der Waals surface area (Å²) in [6, 6.07) is 43.8. The van der Waals surface area contributed by atoms with Gasteiger partial charge in [-0.25, -0.2) is 4.98 Å². The minimum atomic E-state index is -0.0233. The van der Waals surface area contributed by atoms with Gasteiger partial charge in [-0.15, -0.1) is 41.3 Å². The molecule has 0 N–H and O–H groups in total. The Kier molecular flexibility index (Phi) is 8.10. The molecule has 0 amide bonds. The molecule has 0 bridgehead atoms. The van der Waals surface area contributed by atoms with Crippen molar-refractivity contribution in [3.63, 3.8) is 0 Å². The second-order valence-corrected chi connectivity index (χ2v) is 11.7. The number of hydrogen-bond acceptors (Lipinski definition) is 3. The van der Waals surface area contributed by atoms with Gasteiger partial charge in [-0.3, -0.25) is 4.85 Å². The maximum absolute atomic E-state index is 7.86. The van der Waals surface area contributed by atoms with Crippen LogP contribution in [0.4, 0.5) is 22.7 Å². The Morgan fingerprint density at radius 2 is 1.51 bits per heavy atom. The summed E-state index contributed by atoms with van der Waals surface area (Å²) in [5.41, 5.74) is 7.71. The second-order valence-electron chi connectivity index (χ2n) is 11.7. The first kappa shape index (κ1) is 30.0. The van der Waals surface area contributed by atoms with Crippen LogP contribution in [0.25, 0.3) is 43.7 Å². The van der Waals surface area contributed by atoms with Crippen molar-refractivity contribution in [2.75, 3.05) is 4.90 Å². The molecule has 7 rings (SSSR count). The average molecular weight is 763 g/mol. The van der Waals surface area contributed by atoms with Crippen LogP contribution >= 0.6 is 0 Å². The largest absolute Gasteiger partial charge is 2.00 e. The van der Waals surface area contributed by atoms with Gasteiger partial charge >= 0.3 is 21.1 Å². The third kappa shape index (κ3) is 5.66. The SMILES string of the molecule is [C-]#[N+]c1cc(-c2ccccn2)[c-]c(N(c2[c-]c3c(cc2)c2ccccc2n3-c2cc(C(C)(C)C)ccn2)c2ccccc2)c1.[Pt+2]. The van der Waals surface area contributed by atoms with E-state index in [9.17, 15) is 0 Å². The minimum absolute atomic E-state index is 0. The first-order chi connectivity index (χ1) is 21.4. The van der Waals surface area contributed by atoms with Gasteiger partial charge in [0.2, 0.25) is 0 Å². The molecule has 220 valence electrons. The van der Waals surface area contributed by atoms with Crippen molar-refractivity contribution in [1.82, 2.24) is 14.5 Å². The van der Waals surface area contributed by atoms with Crippen LogP contribution in [-0.4, -0.2) is 14.5 Å². The molecule has 4 aromatic carbocycles. The summed E-state index contributed by atoms with van der Waals surface area (Å²) in [4.78, 5) is 15.3. The minimum Gasteiger partial charge on any atom is -0.354 e. The Bertz CT molecular complexity index is 2170. The molecule has 7 aromatic rings. The van der Waals surface area contributed by atoms with Gasteiger partial charge in [0, 0.05) is 23.6 Å². The van der Waals surface area contributed by atoms with Gasteiger partial charge in [0.1, 0.15) is 11.5 Å². The number of para-hydroxylation sites is 2. The number of benzene rings is 4. The van der Waals surface area contributed by atoms with Crippen molar-refractivity contribution in [3.05, 3.63) is 151 Å². The van der Waals surface area contributed by atoms with Crippen molar-refractivity contribution in [2.45, 2.75) is 26.2 Å². The van der Waals surface area contributed by atoms with Gasteiger partial charge in [-0.1, -0.05) is 80.5 Å². The predicted octanol–water partition coefficient (Wildman–Crippen LogP) is 10.2. The van der Waals surface area contributed by atoms with E-state index in [1.54, 1.807) is 6.20 Å². The number of rotatable bonds is 5. The van der Waals surface area contributed by atoms with Crippen LogP contribution in [-0.2, 0) is 26.5 Å². The average Bonchev–Trinajstić information content (AvgIpc) is 3.39. The number of nitrogens with zero attached hydrogens (tertiary/aromatic N) is 5. The van der Waals surface area contributed by atoms with E-state index in [0.717, 1.165) is 55.9 Å². The van der Waals surface area contributed by atoms with E-state index in [2.05, 4.69) is 113 Å². The topological polar surface area (TPSA) is 38.3 Å². The molecule has 5 nitrogen and oxygen atoms in total. The molecule has 0 spiro atoms. The van der Waals surface area contributed by atoms with Crippen LogP contribution < -0.4 is 4.90 Å². The van der Waals surface area contributed by atoms with Crippen molar-refractivity contribution in [1.29, 1.82) is 0 Å². The normalized spacial score (nSPS) is 11.2. The molecule has 0 radical (unpaired) electrons. The smallest absolute Gasteiger partial charge is 0.354 e. The molecule has 3 aromatic heterocycles. The zero-order valence-electron chi connectivity index (χ0n) is 25.1. The Morgan fingerprint density at radius 1 is 0.733 bits per heavy atom. The Labute approximate surface area is 277 Å². The third-order valence-electron chi connectivity index (χ3n) is 7.81. The molecule has 0 atom stereocenters. The fourth-order valence-corrected chi connectivity index (χ4v) is 5.63. The molecule has 6 heteroatoms. The first-order valence-electron chi connectivity index (χ1n) is 14.5. The van der Waals surface area contributed by atoms with Crippen LogP contribution in [0.5, 0.6) is 0 Å². The van der Waals surface area contributed by atoms with Crippen LogP contribution in [0.15, 0.2) is 122 Å². The Balaban J connectivity index is 0.00000357. The van der Waals surface area contributed by atoms with Gasteiger partial charge < -0.3 is 14.5 Å². The van der Waals surface area contributed by atoms with Gasteiger partial charge in [0.25, 0.3) is 0 Å². The number of pyridine rings is 2. The Hall–Kier alpha value is -5.04. The van der Waals surface area contributed by atoms with Gasteiger partial charge in [-0.05, 0) is 64.1 Å². The van der Waals surface area contributed by atoms with E-state index < -0.39 is 0 Å². The summed E-state index contributed by atoms with van der Waals surface area (Å²) in [5, 5.41) is 2.23. The summed E-state index contributed by atoms with van der Waals surface area (Å²) in [6.45, 7) is 14.5. The summed E-state index contributed by atoms with van der Waals surface area (Å²) < 4.78 is 2.20. The van der Waals surface area contributed by atoms with Gasteiger partial charge in [0.05, 0.1) is 6.57 Å². The number of hydrogen-bond donors (Lipinski definition) is 0. The van der Waals surface area contributed by atoms with E-state index >= 15 is 0 Å². The molecule has 0 aliphatic heterocycles. The van der Waals surface area contributed by atoms with E-state index in [-0.39, 0.29) is 26.5 Å². The molecule has 0 unspecified atom stereocenters. The zero-order chi connectivity index (χ0) is 30.3. The van der Waals surface area contributed by atoms with Gasteiger partial charge in [-0.2, -0.15) is 6.07 Å². The number of fused-ring (bicyclic) bond motifs is 3. The van der Waals surface area contributed by atoms with E-state index in [0.29, 0.717) is 5.69 Å². The van der Waals surface area contributed by atoms with Crippen LogP contribution in [0, 0.1) is 18.7 Å². The van der Waals surface area contributed by atoms with Crippen molar-refractivity contribution < 1.29 is 21.1 Å². The fourth-order valence-electron chi connectivity index (χ4n) is 5.63. The van der Waals surface area contributed by atoms with Crippen molar-refractivity contribution in [3.8, 4) is 17.1 Å². The quantitative estimate of drug-likeness (QED) is 0.164. The molecule has 45 heavy (non-hydrogen) atoms. The summed E-state index contributed by atoms with van der Waals surface area (Å²) in [7, 11) is 0. The maximum atomic E-state index is 7.86. The number of anilines is 3. The number of aromatic nitrogens is 3. The van der Waals surface area contributed by atoms with E-state index in [1.165, 1.54) is 5.56 Å². The standard InChI is InChI=1S/C39H29N5.Pt/c1-39(2,3)28-19-21-42-38(24-28)44-36-16-9-8-14-33(36)34-18-17-31(26-37(34)44)43(30-12-6-5-7-13-30)32-23-27(22-29(25-32)40-4)35-15-10-11-20-41-35;/h5-22,24-25H,1-3H3;/q-2;+2. The third-order valence-corrected chi connectivity index (χ3v) is 7.81. The van der Waals surface area contributed by atoms with Crippen LogP contribution in [0.3, 0.4) is 0 Å². The zero-order valence-corrected chi connectivity index (χ0v) is 27.4. The Morgan fingerprint density at radius 3 is 2.27 bits per heavy atom. The monoisotopic (exact) mass is 762 g/mol. The molecule has 0 aliphatic rings. The molecule has 3 heterocycles. The van der Waals surface area contributed by atoms with Crippen molar-refractivity contribution in [2.24, 2.45) is 0 Å². The van der Waals surface area contributed by atoms with E-state index in [4.69, 9.17) is 11.6 Å². The second kappa shape index (κ2) is 12.2. The molecule has 0 saturated carbocycles. The van der Waals surface area contributed by atoms with Gasteiger partial charge in [0.15, 0.2) is 0 Å². The summed E-state index contributed by atoms with van der Waals surface area (Å²) >= 11 is 0. The van der Waals surface area contributed by atoms with E-state index in [1.807, 2.05) is 54.7 Å². The van der Waals surface area contributed by atoms with Crippen LogP contribution in [0.1, 0.15) is 26.3 Å².